The van der Waals surface area contributed by atoms with Crippen LogP contribution in [0, 0.1) is 0 Å². The minimum atomic E-state index is -0.272. The molecule has 2 rings (SSSR count). The number of esters is 1. The molecule has 1 N–H and O–H groups in total. The van der Waals surface area contributed by atoms with E-state index in [-0.39, 0.29) is 12.0 Å². The van der Waals surface area contributed by atoms with Crippen molar-refractivity contribution in [1.82, 2.24) is 15.3 Å². The third-order valence-corrected chi connectivity index (χ3v) is 3.48. The first-order valence-corrected chi connectivity index (χ1v) is 7.10. The molecule has 1 aliphatic rings. The number of carbonyl (C=O) groups is 1. The molecule has 0 radical (unpaired) electrons. The van der Waals surface area contributed by atoms with E-state index in [2.05, 4.69) is 15.3 Å². The summed E-state index contributed by atoms with van der Waals surface area (Å²) < 4.78 is 5.07. The van der Waals surface area contributed by atoms with Gasteiger partial charge in [-0.2, -0.15) is 0 Å². The maximum atomic E-state index is 11.8. The van der Waals surface area contributed by atoms with Gasteiger partial charge in [0.2, 0.25) is 0 Å². The van der Waals surface area contributed by atoms with Gasteiger partial charge in [-0.25, -0.2) is 9.97 Å². The first kappa shape index (κ1) is 13.3. The van der Waals surface area contributed by atoms with E-state index in [0.29, 0.717) is 23.6 Å². The Balaban J connectivity index is 1.85. The molecule has 0 aliphatic heterocycles. The quantitative estimate of drug-likeness (QED) is 0.456. The Kier molecular flexibility index (Phi) is 4.95. The highest BCUT2D eigenvalue weighted by Gasteiger charge is 2.29. The number of hydrogen-bond donors (Lipinski definition) is 1. The summed E-state index contributed by atoms with van der Waals surface area (Å²) in [5.41, 5.74) is 0. The number of rotatable bonds is 7. The highest BCUT2D eigenvalue weighted by atomic mass is 32.2. The van der Waals surface area contributed by atoms with E-state index >= 15 is 0 Å². The van der Waals surface area contributed by atoms with Crippen LogP contribution >= 0.6 is 11.8 Å². The number of carbonyl (C=O) groups excluding carboxylic acids is 1. The van der Waals surface area contributed by atoms with Crippen molar-refractivity contribution in [2.24, 2.45) is 0 Å². The molecule has 18 heavy (non-hydrogen) atoms. The Morgan fingerprint density at radius 1 is 1.56 bits per heavy atom. The molecule has 1 saturated carbocycles. The van der Waals surface area contributed by atoms with E-state index in [4.69, 9.17) is 4.74 Å². The first-order chi connectivity index (χ1) is 8.79. The predicted octanol–water partition coefficient (Wildman–Crippen LogP) is 1.25. The summed E-state index contributed by atoms with van der Waals surface area (Å²) in [5.74, 6) is 0.409. The number of hydrogen-bond acceptors (Lipinski definition) is 6. The SMILES string of the molecule is CCOC(=O)C(CSc1ncccn1)NC1CC1. The molecule has 5 nitrogen and oxygen atoms in total. The van der Waals surface area contributed by atoms with Crippen LogP contribution in [0.4, 0.5) is 0 Å². The molecule has 1 atom stereocenters. The fourth-order valence-corrected chi connectivity index (χ4v) is 2.30. The molecule has 98 valence electrons. The van der Waals surface area contributed by atoms with Crippen molar-refractivity contribution < 1.29 is 9.53 Å². The number of ether oxygens (including phenoxy) is 1. The fourth-order valence-electron chi connectivity index (χ4n) is 1.48. The van der Waals surface area contributed by atoms with Crippen molar-refractivity contribution in [2.75, 3.05) is 12.4 Å². The molecule has 1 heterocycles. The summed E-state index contributed by atoms with van der Waals surface area (Å²) in [7, 11) is 0. The number of aromatic nitrogens is 2. The third kappa shape index (κ3) is 4.27. The van der Waals surface area contributed by atoms with E-state index in [1.165, 1.54) is 11.8 Å². The number of nitrogens with zero attached hydrogens (tertiary/aromatic N) is 2. The molecule has 1 unspecified atom stereocenters. The van der Waals surface area contributed by atoms with Gasteiger partial charge in [0.05, 0.1) is 6.61 Å². The van der Waals surface area contributed by atoms with Crippen LogP contribution in [0.15, 0.2) is 23.6 Å². The van der Waals surface area contributed by atoms with Gasteiger partial charge in [-0.15, -0.1) is 0 Å². The number of nitrogens with one attached hydrogen (secondary N) is 1. The second kappa shape index (κ2) is 6.70. The molecular formula is C12H17N3O2S. The van der Waals surface area contributed by atoms with Crippen molar-refractivity contribution in [3.8, 4) is 0 Å². The van der Waals surface area contributed by atoms with Crippen molar-refractivity contribution in [2.45, 2.75) is 37.0 Å². The van der Waals surface area contributed by atoms with E-state index in [9.17, 15) is 4.79 Å². The minimum Gasteiger partial charge on any atom is -0.465 e. The average Bonchev–Trinajstić information content (AvgIpc) is 3.20. The molecule has 0 saturated heterocycles. The van der Waals surface area contributed by atoms with Gasteiger partial charge in [0.1, 0.15) is 6.04 Å². The highest BCUT2D eigenvalue weighted by Crippen LogP contribution is 2.21. The molecule has 0 spiro atoms. The van der Waals surface area contributed by atoms with Crippen LogP contribution in [0.2, 0.25) is 0 Å². The van der Waals surface area contributed by atoms with Crippen LogP contribution in [-0.4, -0.2) is 40.4 Å². The van der Waals surface area contributed by atoms with Crippen LogP contribution in [-0.2, 0) is 9.53 Å². The van der Waals surface area contributed by atoms with Gasteiger partial charge in [-0.1, -0.05) is 11.8 Å². The van der Waals surface area contributed by atoms with Gasteiger partial charge in [0.25, 0.3) is 0 Å². The standard InChI is InChI=1S/C12H17N3O2S/c1-2-17-11(16)10(15-9-4-5-9)8-18-12-13-6-3-7-14-12/h3,6-7,9-10,15H,2,4-5,8H2,1H3. The summed E-state index contributed by atoms with van der Waals surface area (Å²) in [6.07, 6.45) is 5.68. The lowest BCUT2D eigenvalue weighted by molar-refractivity contribution is -0.145. The maximum Gasteiger partial charge on any atom is 0.324 e. The van der Waals surface area contributed by atoms with Crippen molar-refractivity contribution >= 4 is 17.7 Å². The Labute approximate surface area is 111 Å². The lowest BCUT2D eigenvalue weighted by atomic mass is 10.3. The van der Waals surface area contributed by atoms with Crippen LogP contribution in [0.25, 0.3) is 0 Å². The number of thioether (sulfide) groups is 1. The molecule has 1 aliphatic carbocycles. The summed E-state index contributed by atoms with van der Waals surface area (Å²) in [6.45, 7) is 2.23. The summed E-state index contributed by atoms with van der Waals surface area (Å²) in [6, 6.07) is 1.97. The Morgan fingerprint density at radius 3 is 2.89 bits per heavy atom. The van der Waals surface area contributed by atoms with E-state index < -0.39 is 0 Å². The zero-order valence-electron chi connectivity index (χ0n) is 10.3. The fraction of sp³-hybridized carbons (Fsp3) is 0.583. The lowest BCUT2D eigenvalue weighted by Gasteiger charge is -2.15. The zero-order valence-corrected chi connectivity index (χ0v) is 11.2. The molecule has 1 fully saturated rings. The van der Waals surface area contributed by atoms with Crippen molar-refractivity contribution in [1.29, 1.82) is 0 Å². The Morgan fingerprint density at radius 2 is 2.28 bits per heavy atom. The van der Waals surface area contributed by atoms with Gasteiger partial charge in [-0.05, 0) is 25.8 Å². The van der Waals surface area contributed by atoms with Crippen LogP contribution in [0.5, 0.6) is 0 Å². The zero-order chi connectivity index (χ0) is 12.8. The van der Waals surface area contributed by atoms with E-state index in [0.717, 1.165) is 12.8 Å². The van der Waals surface area contributed by atoms with Gasteiger partial charge in [0, 0.05) is 24.2 Å². The highest BCUT2D eigenvalue weighted by molar-refractivity contribution is 7.99. The smallest absolute Gasteiger partial charge is 0.324 e. The molecule has 6 heteroatoms. The van der Waals surface area contributed by atoms with Crippen LogP contribution < -0.4 is 5.32 Å². The topological polar surface area (TPSA) is 64.1 Å². The van der Waals surface area contributed by atoms with Crippen LogP contribution in [0.3, 0.4) is 0 Å². The Bertz CT molecular complexity index is 384. The van der Waals surface area contributed by atoms with Crippen LogP contribution in [0.1, 0.15) is 19.8 Å². The normalized spacial score (nSPS) is 16.3. The largest absolute Gasteiger partial charge is 0.465 e. The van der Waals surface area contributed by atoms with Gasteiger partial charge in [0.15, 0.2) is 5.16 Å². The van der Waals surface area contributed by atoms with Crippen molar-refractivity contribution in [3.63, 3.8) is 0 Å². The summed E-state index contributed by atoms with van der Waals surface area (Å²) in [4.78, 5) is 20.0. The van der Waals surface area contributed by atoms with Gasteiger partial charge >= 0.3 is 5.97 Å². The first-order valence-electron chi connectivity index (χ1n) is 6.12. The molecule has 0 amide bonds. The monoisotopic (exact) mass is 267 g/mol. The molecular weight excluding hydrogens is 250 g/mol. The molecule has 0 aromatic carbocycles. The second-order valence-corrected chi connectivity index (χ2v) is 5.08. The summed E-state index contributed by atoms with van der Waals surface area (Å²) >= 11 is 1.47. The second-order valence-electron chi connectivity index (χ2n) is 4.09. The predicted molar refractivity (Wildman–Crippen MR) is 69.3 cm³/mol. The minimum absolute atomic E-state index is 0.187. The molecule has 1 aromatic rings. The van der Waals surface area contributed by atoms with Crippen molar-refractivity contribution in [3.05, 3.63) is 18.5 Å². The maximum absolute atomic E-state index is 11.8. The van der Waals surface area contributed by atoms with E-state index in [1.807, 2.05) is 6.92 Å². The lowest BCUT2D eigenvalue weighted by Crippen LogP contribution is -2.41. The van der Waals surface area contributed by atoms with Gasteiger partial charge < -0.3 is 10.1 Å². The van der Waals surface area contributed by atoms with Gasteiger partial charge in [-0.3, -0.25) is 4.79 Å². The molecule has 0 bridgehead atoms. The van der Waals surface area contributed by atoms with E-state index in [1.54, 1.807) is 18.5 Å². The average molecular weight is 267 g/mol. The summed E-state index contributed by atoms with van der Waals surface area (Å²) in [5, 5.41) is 3.98. The third-order valence-electron chi connectivity index (χ3n) is 2.51. The molecule has 1 aromatic heterocycles. The Hall–Kier alpha value is -1.14.